The number of carbonyl (C=O) groups excluding carboxylic acids is 2. The molecule has 7 heteroatoms. The van der Waals surface area contributed by atoms with Crippen LogP contribution in [0.5, 0.6) is 0 Å². The average Bonchev–Trinajstić information content (AvgIpc) is 2.10. The maximum absolute atomic E-state index is 10.9. The highest BCUT2D eigenvalue weighted by atomic mass is 16.4. The largest absolute Gasteiger partial charge is 0.481 e. The van der Waals surface area contributed by atoms with E-state index in [2.05, 4.69) is 0 Å². The summed E-state index contributed by atoms with van der Waals surface area (Å²) in [6.07, 6.45) is 0.803. The van der Waals surface area contributed by atoms with Gasteiger partial charge in [-0.05, 0) is 0 Å². The zero-order valence-corrected chi connectivity index (χ0v) is 7.48. The van der Waals surface area contributed by atoms with Gasteiger partial charge in [-0.2, -0.15) is 10.3 Å². The Labute approximate surface area is 79.9 Å². The van der Waals surface area contributed by atoms with E-state index in [1.165, 1.54) is 6.19 Å². The smallest absolute Gasteiger partial charge is 0.303 e. The molecule has 0 aliphatic carbocycles. The third kappa shape index (κ3) is 4.71. The Morgan fingerprint density at radius 2 is 2.00 bits per heavy atom. The van der Waals surface area contributed by atoms with Gasteiger partial charge in [0.1, 0.15) is 0 Å². The maximum atomic E-state index is 10.9. The van der Waals surface area contributed by atoms with Crippen LogP contribution in [0.15, 0.2) is 0 Å². The number of carboxylic acids is 1. The van der Waals surface area contributed by atoms with Gasteiger partial charge in [-0.1, -0.05) is 0 Å². The van der Waals surface area contributed by atoms with E-state index in [0.717, 1.165) is 6.92 Å². The van der Waals surface area contributed by atoms with Crippen molar-refractivity contribution in [1.82, 2.24) is 10.4 Å². The van der Waals surface area contributed by atoms with Crippen LogP contribution in [0.2, 0.25) is 0 Å². The van der Waals surface area contributed by atoms with E-state index in [1.54, 1.807) is 0 Å². The van der Waals surface area contributed by atoms with Crippen molar-refractivity contribution >= 4 is 17.8 Å². The highest BCUT2D eigenvalue weighted by Gasteiger charge is 2.12. The number of hydrazine groups is 1. The van der Waals surface area contributed by atoms with Gasteiger partial charge in [0.15, 0.2) is 0 Å². The summed E-state index contributed by atoms with van der Waals surface area (Å²) in [5, 5.41) is 17.0. The molecule has 76 valence electrons. The van der Waals surface area contributed by atoms with Gasteiger partial charge in [0, 0.05) is 13.3 Å². The second kappa shape index (κ2) is 5.53. The fourth-order valence-corrected chi connectivity index (χ4v) is 0.575. The molecule has 0 aromatic carbocycles. The van der Waals surface area contributed by atoms with Gasteiger partial charge in [-0.25, -0.2) is 0 Å². The van der Waals surface area contributed by atoms with Gasteiger partial charge in [-0.3, -0.25) is 19.8 Å². The molecule has 14 heavy (non-hydrogen) atoms. The summed E-state index contributed by atoms with van der Waals surface area (Å²) < 4.78 is 0. The van der Waals surface area contributed by atoms with E-state index in [9.17, 15) is 14.4 Å². The van der Waals surface area contributed by atoms with Crippen molar-refractivity contribution in [3.8, 4) is 6.19 Å². The predicted octanol–water partition coefficient (Wildman–Crippen LogP) is -0.788. The van der Waals surface area contributed by atoms with Crippen molar-refractivity contribution in [2.75, 3.05) is 0 Å². The molecule has 0 rings (SSSR count). The summed E-state index contributed by atoms with van der Waals surface area (Å²) in [7, 11) is 0. The second-order valence-electron chi connectivity index (χ2n) is 2.38. The van der Waals surface area contributed by atoms with Crippen LogP contribution in [0.25, 0.3) is 0 Å². The molecule has 0 spiro atoms. The van der Waals surface area contributed by atoms with E-state index >= 15 is 0 Å². The first-order valence-corrected chi connectivity index (χ1v) is 3.69. The monoisotopic (exact) mass is 199 g/mol. The van der Waals surface area contributed by atoms with Crippen molar-refractivity contribution in [2.24, 2.45) is 0 Å². The fraction of sp³-hybridized carbons (Fsp3) is 0.429. The number of aliphatic carboxylic acids is 1. The van der Waals surface area contributed by atoms with Crippen molar-refractivity contribution in [3.63, 3.8) is 0 Å². The second-order valence-corrected chi connectivity index (χ2v) is 2.38. The summed E-state index contributed by atoms with van der Waals surface area (Å²) in [6, 6.07) is 0. The van der Waals surface area contributed by atoms with Crippen molar-refractivity contribution in [1.29, 1.82) is 5.26 Å². The highest BCUT2D eigenvalue weighted by Crippen LogP contribution is 1.90. The Morgan fingerprint density at radius 1 is 1.43 bits per heavy atom. The first kappa shape index (κ1) is 11.9. The molecule has 0 saturated heterocycles. The minimum Gasteiger partial charge on any atom is -0.481 e. The molecule has 0 atom stereocenters. The maximum Gasteiger partial charge on any atom is 0.303 e. The van der Waals surface area contributed by atoms with Crippen molar-refractivity contribution in [3.05, 3.63) is 0 Å². The first-order chi connectivity index (χ1) is 6.47. The van der Waals surface area contributed by atoms with Gasteiger partial charge < -0.3 is 5.11 Å². The number of nitrogens with one attached hydrogen (secondary N) is 1. The Balaban J connectivity index is 3.99. The number of carbonyl (C=O) groups is 3. The van der Waals surface area contributed by atoms with E-state index in [4.69, 9.17) is 10.4 Å². The first-order valence-electron chi connectivity index (χ1n) is 3.69. The van der Waals surface area contributed by atoms with E-state index in [1.807, 2.05) is 5.43 Å². The summed E-state index contributed by atoms with van der Waals surface area (Å²) in [4.78, 5) is 31.6. The van der Waals surface area contributed by atoms with Gasteiger partial charge in [-0.15, -0.1) is 0 Å². The number of carboxylic acid groups (broad SMARTS) is 1. The molecule has 0 unspecified atom stereocenters. The van der Waals surface area contributed by atoms with Crippen LogP contribution >= 0.6 is 0 Å². The van der Waals surface area contributed by atoms with E-state index in [-0.39, 0.29) is 12.8 Å². The third-order valence-electron chi connectivity index (χ3n) is 1.22. The molecule has 0 fully saturated rings. The summed E-state index contributed by atoms with van der Waals surface area (Å²) >= 11 is 0. The van der Waals surface area contributed by atoms with Crippen LogP contribution in [0.4, 0.5) is 0 Å². The Morgan fingerprint density at radius 3 is 2.36 bits per heavy atom. The van der Waals surface area contributed by atoms with Crippen LogP contribution in [0.1, 0.15) is 19.8 Å². The van der Waals surface area contributed by atoms with Crippen LogP contribution in [0.3, 0.4) is 0 Å². The minimum absolute atomic E-state index is 0.277. The standard InChI is InChI=1S/C7H9N3O4/c1-5(11)10(4-8)9-6(12)2-3-7(13)14/h2-3H2,1H3,(H,9,12)(H,13,14). The lowest BCUT2D eigenvalue weighted by molar-refractivity contribution is -0.140. The van der Waals surface area contributed by atoms with Crippen LogP contribution in [-0.2, 0) is 14.4 Å². The minimum atomic E-state index is -1.12. The van der Waals surface area contributed by atoms with Crippen LogP contribution < -0.4 is 5.43 Å². The number of amides is 2. The van der Waals surface area contributed by atoms with Crippen LogP contribution in [-0.4, -0.2) is 27.9 Å². The molecule has 0 bridgehead atoms. The predicted molar refractivity (Wildman–Crippen MR) is 43.1 cm³/mol. The Hall–Kier alpha value is -2.10. The molecular weight excluding hydrogens is 190 g/mol. The number of rotatable bonds is 3. The molecule has 0 aliphatic heterocycles. The molecule has 0 aliphatic rings. The molecule has 0 aromatic rings. The zero-order valence-electron chi connectivity index (χ0n) is 7.48. The lowest BCUT2D eigenvalue weighted by Gasteiger charge is -2.11. The lowest BCUT2D eigenvalue weighted by Crippen LogP contribution is -2.41. The van der Waals surface area contributed by atoms with Gasteiger partial charge in [0.2, 0.25) is 12.1 Å². The van der Waals surface area contributed by atoms with E-state index < -0.39 is 17.8 Å². The SMILES string of the molecule is CC(=O)N(C#N)NC(=O)CCC(=O)O. The lowest BCUT2D eigenvalue weighted by atomic mass is 10.3. The Kier molecular flexibility index (Phi) is 4.70. The quantitative estimate of drug-likeness (QED) is 0.351. The van der Waals surface area contributed by atoms with Crippen molar-refractivity contribution < 1.29 is 19.5 Å². The molecule has 0 aromatic heterocycles. The molecule has 0 saturated carbocycles. The van der Waals surface area contributed by atoms with Crippen molar-refractivity contribution in [2.45, 2.75) is 19.8 Å². The molecular formula is C7H9N3O4. The molecule has 0 radical (unpaired) electrons. The average molecular weight is 199 g/mol. The molecule has 2 N–H and O–H groups in total. The van der Waals surface area contributed by atoms with Gasteiger partial charge in [0.25, 0.3) is 5.91 Å². The summed E-state index contributed by atoms with van der Waals surface area (Å²) in [5.74, 6) is -2.45. The number of hydrogen-bond acceptors (Lipinski definition) is 4. The summed E-state index contributed by atoms with van der Waals surface area (Å²) in [5.41, 5.74) is 1.94. The van der Waals surface area contributed by atoms with Gasteiger partial charge >= 0.3 is 5.97 Å². The topological polar surface area (TPSA) is 111 Å². The summed E-state index contributed by atoms with van der Waals surface area (Å²) in [6.45, 7) is 1.10. The number of nitrogens with zero attached hydrogens (tertiary/aromatic N) is 2. The normalized spacial score (nSPS) is 8.57. The zero-order chi connectivity index (χ0) is 11.1. The number of hydrogen-bond donors (Lipinski definition) is 2. The molecule has 7 nitrogen and oxygen atoms in total. The number of nitriles is 1. The van der Waals surface area contributed by atoms with Crippen LogP contribution in [0, 0.1) is 11.5 Å². The fourth-order valence-electron chi connectivity index (χ4n) is 0.575. The molecule has 0 heterocycles. The van der Waals surface area contributed by atoms with Gasteiger partial charge in [0.05, 0.1) is 6.42 Å². The third-order valence-corrected chi connectivity index (χ3v) is 1.22. The van der Waals surface area contributed by atoms with E-state index in [0.29, 0.717) is 5.01 Å². The highest BCUT2D eigenvalue weighted by molar-refractivity contribution is 5.83. The Bertz CT molecular complexity index is 294. The molecule has 2 amide bonds.